The summed E-state index contributed by atoms with van der Waals surface area (Å²) in [7, 11) is 0. The van der Waals surface area contributed by atoms with Crippen molar-refractivity contribution in [2.45, 2.75) is 51.7 Å². The minimum atomic E-state index is -1.12. The van der Waals surface area contributed by atoms with E-state index in [0.29, 0.717) is 28.7 Å². The summed E-state index contributed by atoms with van der Waals surface area (Å²) in [6, 6.07) is 8.57. The van der Waals surface area contributed by atoms with Gasteiger partial charge in [0.15, 0.2) is 0 Å². The smallest absolute Gasteiger partial charge is 0.371 e. The van der Waals surface area contributed by atoms with Gasteiger partial charge in [0.05, 0.1) is 17.6 Å². The number of fused-ring (bicyclic) bond motifs is 1. The van der Waals surface area contributed by atoms with Gasteiger partial charge in [0.25, 0.3) is 5.91 Å². The molecule has 1 fully saturated rings. The Labute approximate surface area is 172 Å². The number of aromatic carboxylic acids is 1. The van der Waals surface area contributed by atoms with Gasteiger partial charge in [0.1, 0.15) is 5.76 Å². The van der Waals surface area contributed by atoms with Crippen LogP contribution in [0.5, 0.6) is 0 Å². The normalized spacial score (nSPS) is 14.6. The van der Waals surface area contributed by atoms with Crippen molar-refractivity contribution in [1.29, 1.82) is 0 Å². The number of amides is 1. The molecular formula is C21H22ClN3O4. The predicted molar refractivity (Wildman–Crippen MR) is 108 cm³/mol. The first kappa shape index (κ1) is 19.5. The summed E-state index contributed by atoms with van der Waals surface area (Å²) in [4.78, 5) is 30.6. The van der Waals surface area contributed by atoms with E-state index in [4.69, 9.17) is 21.1 Å². The summed E-state index contributed by atoms with van der Waals surface area (Å²) in [6.45, 7) is 2.92. The highest BCUT2D eigenvalue weighted by atomic mass is 35.5. The molecule has 1 aliphatic rings. The maximum absolute atomic E-state index is 13.4. The van der Waals surface area contributed by atoms with Crippen LogP contribution in [-0.4, -0.2) is 37.5 Å². The molecule has 1 aliphatic carbocycles. The van der Waals surface area contributed by atoms with E-state index in [2.05, 4.69) is 4.98 Å². The molecule has 2 aromatic heterocycles. The maximum Gasteiger partial charge on any atom is 0.371 e. The van der Waals surface area contributed by atoms with Gasteiger partial charge in [-0.3, -0.25) is 4.79 Å². The van der Waals surface area contributed by atoms with Crippen molar-refractivity contribution in [3.8, 4) is 0 Å². The highest BCUT2D eigenvalue weighted by Gasteiger charge is 2.29. The molecule has 4 rings (SSSR count). The van der Waals surface area contributed by atoms with Gasteiger partial charge in [-0.05, 0) is 61.7 Å². The maximum atomic E-state index is 13.4. The van der Waals surface area contributed by atoms with Crippen LogP contribution in [0.25, 0.3) is 11.0 Å². The number of hydrogen-bond acceptors (Lipinski definition) is 4. The van der Waals surface area contributed by atoms with Crippen LogP contribution in [0.1, 0.15) is 59.3 Å². The van der Waals surface area contributed by atoms with Crippen molar-refractivity contribution in [2.75, 3.05) is 0 Å². The van der Waals surface area contributed by atoms with Gasteiger partial charge < -0.3 is 19.0 Å². The second-order valence-electron chi connectivity index (χ2n) is 7.27. The Hall–Kier alpha value is -2.80. The molecule has 0 saturated heterocycles. The van der Waals surface area contributed by atoms with Crippen molar-refractivity contribution in [3.05, 3.63) is 52.7 Å². The summed E-state index contributed by atoms with van der Waals surface area (Å²) in [6.07, 6.45) is 4.00. The predicted octanol–water partition coefficient (Wildman–Crippen LogP) is 4.59. The summed E-state index contributed by atoms with van der Waals surface area (Å²) in [5, 5.41) is 9.48. The number of rotatable bonds is 6. The summed E-state index contributed by atoms with van der Waals surface area (Å²) in [5.74, 6) is -0.903. The zero-order valence-corrected chi connectivity index (χ0v) is 16.9. The first-order valence-electron chi connectivity index (χ1n) is 9.76. The van der Waals surface area contributed by atoms with Crippen LogP contribution >= 0.6 is 11.6 Å². The Morgan fingerprint density at radius 1 is 1.28 bits per heavy atom. The summed E-state index contributed by atoms with van der Waals surface area (Å²) >= 11 is 6.20. The number of nitrogens with zero attached hydrogens (tertiary/aromatic N) is 3. The Bertz CT molecular complexity index is 1070. The third kappa shape index (κ3) is 3.74. The van der Waals surface area contributed by atoms with E-state index in [-0.39, 0.29) is 24.3 Å². The lowest BCUT2D eigenvalue weighted by molar-refractivity contribution is 0.0634. The number of benzene rings is 1. The van der Waals surface area contributed by atoms with E-state index in [1.807, 2.05) is 17.6 Å². The van der Waals surface area contributed by atoms with Gasteiger partial charge in [0.2, 0.25) is 11.0 Å². The highest BCUT2D eigenvalue weighted by Crippen LogP contribution is 2.28. The van der Waals surface area contributed by atoms with Gasteiger partial charge in [-0.2, -0.15) is 0 Å². The molecule has 1 N–H and O–H groups in total. The molecule has 3 aromatic rings. The van der Waals surface area contributed by atoms with E-state index in [0.717, 1.165) is 31.2 Å². The number of imidazole rings is 1. The highest BCUT2D eigenvalue weighted by molar-refractivity contribution is 6.29. The topological polar surface area (TPSA) is 88.6 Å². The molecule has 29 heavy (non-hydrogen) atoms. The average Bonchev–Trinajstić information content (AvgIpc) is 3.44. The number of halogens is 1. The number of furan rings is 1. The minimum Gasteiger partial charge on any atom is -0.475 e. The van der Waals surface area contributed by atoms with Crippen molar-refractivity contribution in [3.63, 3.8) is 0 Å². The van der Waals surface area contributed by atoms with Crippen molar-refractivity contribution < 1.29 is 19.1 Å². The zero-order valence-electron chi connectivity index (χ0n) is 16.1. The van der Waals surface area contributed by atoms with Crippen molar-refractivity contribution in [2.24, 2.45) is 0 Å². The first-order valence-corrected chi connectivity index (χ1v) is 10.1. The fourth-order valence-electron chi connectivity index (χ4n) is 4.03. The molecule has 1 amide bonds. The van der Waals surface area contributed by atoms with E-state index < -0.39 is 5.97 Å². The lowest BCUT2D eigenvalue weighted by Crippen LogP contribution is -2.38. The van der Waals surface area contributed by atoms with E-state index in [9.17, 15) is 9.59 Å². The number of carboxylic acids is 1. The van der Waals surface area contributed by atoms with Crippen LogP contribution in [0.2, 0.25) is 5.28 Å². The Kier molecular flexibility index (Phi) is 5.32. The molecule has 8 heteroatoms. The SMILES string of the molecule is CCn1c(Cl)nc2cc(C(=O)N(Cc3ccc(C(=O)O)o3)C3CCCC3)ccc21. The molecular weight excluding hydrogens is 394 g/mol. The largest absolute Gasteiger partial charge is 0.475 e. The zero-order chi connectivity index (χ0) is 20.5. The van der Waals surface area contributed by atoms with Gasteiger partial charge in [-0.15, -0.1) is 0 Å². The molecule has 2 heterocycles. The van der Waals surface area contributed by atoms with E-state index in [1.165, 1.54) is 6.07 Å². The molecule has 1 aromatic carbocycles. The molecule has 0 atom stereocenters. The molecule has 0 bridgehead atoms. The first-order chi connectivity index (χ1) is 14.0. The van der Waals surface area contributed by atoms with Crippen LogP contribution in [-0.2, 0) is 13.1 Å². The van der Waals surface area contributed by atoms with E-state index >= 15 is 0 Å². The third-order valence-corrected chi connectivity index (χ3v) is 5.78. The molecule has 152 valence electrons. The Morgan fingerprint density at radius 3 is 2.69 bits per heavy atom. The second-order valence-corrected chi connectivity index (χ2v) is 7.61. The summed E-state index contributed by atoms with van der Waals surface area (Å²) < 4.78 is 7.28. The lowest BCUT2D eigenvalue weighted by atomic mass is 10.1. The summed E-state index contributed by atoms with van der Waals surface area (Å²) in [5.41, 5.74) is 2.10. The van der Waals surface area contributed by atoms with Gasteiger partial charge >= 0.3 is 5.97 Å². The minimum absolute atomic E-state index is 0.105. The molecule has 0 unspecified atom stereocenters. The fourth-order valence-corrected chi connectivity index (χ4v) is 4.33. The van der Waals surface area contributed by atoms with Crippen LogP contribution in [0.3, 0.4) is 0 Å². The molecule has 0 aliphatic heterocycles. The fraction of sp³-hybridized carbons (Fsp3) is 0.381. The van der Waals surface area contributed by atoms with Crippen LogP contribution < -0.4 is 0 Å². The monoisotopic (exact) mass is 415 g/mol. The average molecular weight is 416 g/mol. The van der Waals surface area contributed by atoms with Gasteiger partial charge in [0, 0.05) is 18.2 Å². The number of hydrogen-bond donors (Lipinski definition) is 1. The second kappa shape index (κ2) is 7.91. The quantitative estimate of drug-likeness (QED) is 0.636. The Morgan fingerprint density at radius 2 is 2.03 bits per heavy atom. The van der Waals surface area contributed by atoms with Crippen LogP contribution in [0.15, 0.2) is 34.7 Å². The standard InChI is InChI=1S/C21H22ClN3O4/c1-2-24-17-9-7-13(11-16(17)23-21(24)22)19(26)25(14-5-3-4-6-14)12-15-8-10-18(29-15)20(27)28/h7-11,14H,2-6,12H2,1H3,(H,27,28). The van der Waals surface area contributed by atoms with Crippen LogP contribution in [0, 0.1) is 0 Å². The molecule has 7 nitrogen and oxygen atoms in total. The number of aromatic nitrogens is 2. The van der Waals surface area contributed by atoms with E-state index in [1.54, 1.807) is 23.1 Å². The van der Waals surface area contributed by atoms with Crippen LogP contribution in [0.4, 0.5) is 0 Å². The Balaban J connectivity index is 1.65. The number of carbonyl (C=O) groups excluding carboxylic acids is 1. The molecule has 1 saturated carbocycles. The third-order valence-electron chi connectivity index (χ3n) is 5.49. The number of aryl methyl sites for hydroxylation is 1. The van der Waals surface area contributed by atoms with Crippen molar-refractivity contribution in [1.82, 2.24) is 14.5 Å². The van der Waals surface area contributed by atoms with Gasteiger partial charge in [-0.25, -0.2) is 9.78 Å². The lowest BCUT2D eigenvalue weighted by Gasteiger charge is -2.28. The van der Waals surface area contributed by atoms with Gasteiger partial charge in [-0.1, -0.05) is 12.8 Å². The molecule has 0 radical (unpaired) electrons. The molecule has 0 spiro atoms. The van der Waals surface area contributed by atoms with Crippen molar-refractivity contribution >= 4 is 34.5 Å². The number of carbonyl (C=O) groups is 2. The number of carboxylic acid groups (broad SMARTS) is 1.